The lowest BCUT2D eigenvalue weighted by molar-refractivity contribution is 0.0697. The average Bonchev–Trinajstić information content (AvgIpc) is 2.18. The van der Waals surface area contributed by atoms with Crippen molar-refractivity contribution in [2.24, 2.45) is 0 Å². The van der Waals surface area contributed by atoms with Gasteiger partial charge in [0.2, 0.25) is 0 Å². The van der Waals surface area contributed by atoms with E-state index in [0.717, 1.165) is 0 Å². The van der Waals surface area contributed by atoms with E-state index in [-0.39, 0.29) is 17.1 Å². The molecule has 0 aliphatic rings. The second kappa shape index (κ2) is 5.60. The highest BCUT2D eigenvalue weighted by Gasteiger charge is 2.05. The lowest BCUT2D eigenvalue weighted by Crippen LogP contribution is -2.04. The van der Waals surface area contributed by atoms with Crippen LogP contribution in [-0.4, -0.2) is 27.7 Å². The number of carboxylic acid groups (broad SMARTS) is 1. The number of alkyl halides is 1. The largest absolute Gasteiger partial charge is 0.478 e. The molecular formula is C10H11FO3S. The number of carboxylic acids is 1. The third kappa shape index (κ3) is 3.79. The predicted molar refractivity (Wildman–Crippen MR) is 56.1 cm³/mol. The van der Waals surface area contributed by atoms with Gasteiger partial charge in [-0.1, -0.05) is 12.1 Å². The Kier molecular flexibility index (Phi) is 4.42. The number of hydrogen-bond acceptors (Lipinski definition) is 2. The van der Waals surface area contributed by atoms with Gasteiger partial charge in [0.25, 0.3) is 0 Å². The van der Waals surface area contributed by atoms with E-state index in [9.17, 15) is 13.4 Å². The van der Waals surface area contributed by atoms with Gasteiger partial charge in [-0.25, -0.2) is 4.79 Å². The van der Waals surface area contributed by atoms with Crippen molar-refractivity contribution in [3.63, 3.8) is 0 Å². The van der Waals surface area contributed by atoms with Crippen LogP contribution in [0.2, 0.25) is 0 Å². The molecule has 5 heteroatoms. The lowest BCUT2D eigenvalue weighted by atomic mass is 10.1. The van der Waals surface area contributed by atoms with Gasteiger partial charge in [-0.05, 0) is 17.7 Å². The summed E-state index contributed by atoms with van der Waals surface area (Å²) in [5, 5.41) is 8.71. The summed E-state index contributed by atoms with van der Waals surface area (Å²) < 4.78 is 23.1. The predicted octanol–water partition coefficient (Wildman–Crippen LogP) is 1.60. The molecule has 0 radical (unpaired) electrons. The van der Waals surface area contributed by atoms with Crippen molar-refractivity contribution in [1.82, 2.24) is 0 Å². The molecule has 1 aromatic rings. The first kappa shape index (κ1) is 11.8. The summed E-state index contributed by atoms with van der Waals surface area (Å²) in [5.41, 5.74) is 0.812. The molecule has 0 aliphatic heterocycles. The van der Waals surface area contributed by atoms with Crippen LogP contribution in [0.1, 0.15) is 15.9 Å². The van der Waals surface area contributed by atoms with Crippen molar-refractivity contribution in [1.29, 1.82) is 0 Å². The molecule has 0 saturated carbocycles. The minimum absolute atomic E-state index is 0.00268. The van der Waals surface area contributed by atoms with E-state index in [0.29, 0.717) is 5.56 Å². The maximum absolute atomic E-state index is 11.9. The molecule has 0 bridgehead atoms. The highest BCUT2D eigenvalue weighted by Crippen LogP contribution is 2.08. The smallest absolute Gasteiger partial charge is 0.335 e. The molecule has 0 saturated heterocycles. The number of benzene rings is 1. The van der Waals surface area contributed by atoms with E-state index in [1.807, 2.05) is 0 Å². The average molecular weight is 230 g/mol. The Morgan fingerprint density at radius 1 is 1.47 bits per heavy atom. The zero-order valence-corrected chi connectivity index (χ0v) is 8.80. The SMILES string of the molecule is O=C(O)c1cccc(CS(=O)CCF)c1. The van der Waals surface area contributed by atoms with Gasteiger partial charge >= 0.3 is 5.97 Å². The molecule has 0 spiro atoms. The van der Waals surface area contributed by atoms with E-state index in [1.165, 1.54) is 12.1 Å². The molecule has 15 heavy (non-hydrogen) atoms. The second-order valence-corrected chi connectivity index (χ2v) is 4.56. The fraction of sp³-hybridized carbons (Fsp3) is 0.300. The number of carbonyl (C=O) groups is 1. The van der Waals surface area contributed by atoms with Crippen LogP contribution in [0.3, 0.4) is 0 Å². The van der Waals surface area contributed by atoms with Crippen LogP contribution in [-0.2, 0) is 16.6 Å². The quantitative estimate of drug-likeness (QED) is 0.836. The maximum atomic E-state index is 11.9. The van der Waals surface area contributed by atoms with E-state index in [4.69, 9.17) is 5.11 Å². The van der Waals surface area contributed by atoms with Crippen LogP contribution in [0.5, 0.6) is 0 Å². The third-order valence-corrected chi connectivity index (χ3v) is 3.07. The summed E-state index contributed by atoms with van der Waals surface area (Å²) in [4.78, 5) is 10.6. The summed E-state index contributed by atoms with van der Waals surface area (Å²) >= 11 is 0. The lowest BCUT2D eigenvalue weighted by Gasteiger charge is -2.01. The van der Waals surface area contributed by atoms with Crippen molar-refractivity contribution in [3.8, 4) is 0 Å². The molecule has 0 aliphatic carbocycles. The summed E-state index contributed by atoms with van der Waals surface area (Å²) in [7, 11) is -1.26. The zero-order chi connectivity index (χ0) is 11.3. The van der Waals surface area contributed by atoms with Crippen LogP contribution >= 0.6 is 0 Å². The van der Waals surface area contributed by atoms with Crippen LogP contribution in [0.4, 0.5) is 4.39 Å². The molecule has 1 aromatic carbocycles. The molecule has 1 atom stereocenters. The van der Waals surface area contributed by atoms with Crippen LogP contribution < -0.4 is 0 Å². The Labute approximate surface area is 89.4 Å². The standard InChI is InChI=1S/C10H11FO3S/c11-4-5-15(14)7-8-2-1-3-9(6-8)10(12)13/h1-3,6H,4-5,7H2,(H,12,13). The Morgan fingerprint density at radius 3 is 2.80 bits per heavy atom. The maximum Gasteiger partial charge on any atom is 0.335 e. The molecule has 0 fully saturated rings. The summed E-state index contributed by atoms with van der Waals surface area (Å²) in [5.74, 6) is -0.823. The molecule has 3 nitrogen and oxygen atoms in total. The molecule has 0 heterocycles. The number of hydrogen-bond donors (Lipinski definition) is 1. The number of halogens is 1. The molecule has 1 N–H and O–H groups in total. The highest BCUT2D eigenvalue weighted by molar-refractivity contribution is 7.84. The van der Waals surface area contributed by atoms with E-state index in [1.54, 1.807) is 12.1 Å². The molecule has 82 valence electrons. The van der Waals surface area contributed by atoms with Crippen molar-refractivity contribution >= 4 is 16.8 Å². The van der Waals surface area contributed by atoms with E-state index in [2.05, 4.69) is 0 Å². The van der Waals surface area contributed by atoms with Crippen molar-refractivity contribution < 1.29 is 18.5 Å². The third-order valence-electron chi connectivity index (χ3n) is 1.81. The van der Waals surface area contributed by atoms with Gasteiger partial charge in [0.05, 0.1) is 11.3 Å². The number of aromatic carboxylic acids is 1. The minimum atomic E-state index is -1.26. The van der Waals surface area contributed by atoms with Crippen molar-refractivity contribution in [3.05, 3.63) is 35.4 Å². The van der Waals surface area contributed by atoms with Gasteiger partial charge in [-0.15, -0.1) is 0 Å². The molecule has 1 unspecified atom stereocenters. The van der Waals surface area contributed by atoms with Gasteiger partial charge < -0.3 is 5.11 Å². The summed E-state index contributed by atoms with van der Waals surface area (Å²) in [6, 6.07) is 6.19. The molecular weight excluding hydrogens is 219 g/mol. The van der Waals surface area contributed by atoms with E-state index < -0.39 is 23.4 Å². The summed E-state index contributed by atoms with van der Waals surface area (Å²) in [6.45, 7) is -0.620. The van der Waals surface area contributed by atoms with Crippen LogP contribution in [0.25, 0.3) is 0 Å². The summed E-state index contributed by atoms with van der Waals surface area (Å²) in [6.07, 6.45) is 0. The van der Waals surface area contributed by atoms with Crippen molar-refractivity contribution in [2.45, 2.75) is 5.75 Å². The van der Waals surface area contributed by atoms with Crippen molar-refractivity contribution in [2.75, 3.05) is 12.4 Å². The Hall–Kier alpha value is -1.23. The fourth-order valence-corrected chi connectivity index (χ4v) is 2.01. The van der Waals surface area contributed by atoms with E-state index >= 15 is 0 Å². The van der Waals surface area contributed by atoms with Gasteiger partial charge in [0.1, 0.15) is 6.67 Å². The molecule has 0 amide bonds. The van der Waals surface area contributed by atoms with Gasteiger partial charge in [0, 0.05) is 16.6 Å². The monoisotopic (exact) mass is 230 g/mol. The Bertz CT molecular complexity index is 379. The van der Waals surface area contributed by atoms with Gasteiger partial charge in [0.15, 0.2) is 0 Å². The second-order valence-electron chi connectivity index (χ2n) is 2.98. The fourth-order valence-electron chi connectivity index (χ4n) is 1.14. The highest BCUT2D eigenvalue weighted by atomic mass is 32.2. The Morgan fingerprint density at radius 2 is 2.20 bits per heavy atom. The minimum Gasteiger partial charge on any atom is -0.478 e. The zero-order valence-electron chi connectivity index (χ0n) is 7.98. The van der Waals surface area contributed by atoms with Crippen LogP contribution in [0, 0.1) is 0 Å². The Balaban J connectivity index is 2.73. The van der Waals surface area contributed by atoms with Gasteiger partial charge in [-0.2, -0.15) is 0 Å². The number of rotatable bonds is 5. The van der Waals surface area contributed by atoms with Gasteiger partial charge in [-0.3, -0.25) is 8.60 Å². The molecule has 0 aromatic heterocycles. The van der Waals surface area contributed by atoms with Crippen LogP contribution in [0.15, 0.2) is 24.3 Å². The first-order chi connectivity index (χ1) is 7.13. The normalized spacial score (nSPS) is 12.3. The topological polar surface area (TPSA) is 54.4 Å². The molecule has 1 rings (SSSR count). The first-order valence-corrected chi connectivity index (χ1v) is 5.85. The first-order valence-electron chi connectivity index (χ1n) is 4.36.